The highest BCUT2D eigenvalue weighted by molar-refractivity contribution is 5.97. The quantitative estimate of drug-likeness (QED) is 0.358. The molecule has 1 heterocycles. The van der Waals surface area contributed by atoms with Crippen LogP contribution >= 0.6 is 0 Å². The minimum Gasteiger partial charge on any atom is -0.493 e. The number of hydrogen-bond acceptors (Lipinski definition) is 7. The van der Waals surface area contributed by atoms with E-state index in [0.717, 1.165) is 31.6 Å². The van der Waals surface area contributed by atoms with E-state index in [0.29, 0.717) is 37.7 Å². The molecule has 28 heavy (non-hydrogen) atoms. The molecule has 1 aliphatic heterocycles. The molecule has 1 aromatic carbocycles. The minimum absolute atomic E-state index is 0.125. The van der Waals surface area contributed by atoms with Gasteiger partial charge in [0.2, 0.25) is 0 Å². The van der Waals surface area contributed by atoms with E-state index in [1.807, 2.05) is 24.3 Å². The number of piperazine rings is 1. The Kier molecular flexibility index (Phi) is 8.59. The number of ether oxygens (including phenoxy) is 2. The third-order valence-electron chi connectivity index (χ3n) is 4.71. The van der Waals surface area contributed by atoms with Crippen LogP contribution in [0.25, 0.3) is 0 Å². The normalized spacial score (nSPS) is 15.1. The number of carbonyl (C=O) groups excluding carboxylic acids is 1. The monoisotopic (exact) mass is 387 g/mol. The van der Waals surface area contributed by atoms with Gasteiger partial charge < -0.3 is 25.4 Å². The van der Waals surface area contributed by atoms with Gasteiger partial charge in [-0.05, 0) is 24.1 Å². The Morgan fingerprint density at radius 1 is 1.25 bits per heavy atom. The maximum atomic E-state index is 12.5. The molecule has 8 nitrogen and oxygen atoms in total. The van der Waals surface area contributed by atoms with Crippen molar-refractivity contribution in [3.05, 3.63) is 35.5 Å². The van der Waals surface area contributed by atoms with Crippen molar-refractivity contribution in [3.8, 4) is 17.6 Å². The molecule has 152 valence electrons. The molecule has 0 saturated carbocycles. The van der Waals surface area contributed by atoms with Crippen LogP contribution < -0.4 is 20.5 Å². The highest BCUT2D eigenvalue weighted by Gasteiger charge is 2.23. The zero-order valence-corrected chi connectivity index (χ0v) is 16.6. The van der Waals surface area contributed by atoms with Crippen molar-refractivity contribution in [3.63, 3.8) is 0 Å². The van der Waals surface area contributed by atoms with Gasteiger partial charge in [0.05, 0.1) is 14.2 Å². The summed E-state index contributed by atoms with van der Waals surface area (Å²) in [6.45, 7) is 4.84. The van der Waals surface area contributed by atoms with E-state index in [1.165, 1.54) is 6.20 Å². The summed E-state index contributed by atoms with van der Waals surface area (Å²) in [6.07, 6.45) is 2.23. The highest BCUT2D eigenvalue weighted by atomic mass is 16.5. The smallest absolute Gasteiger partial charge is 0.266 e. The third-order valence-corrected chi connectivity index (χ3v) is 4.71. The summed E-state index contributed by atoms with van der Waals surface area (Å²) in [7, 11) is 3.20. The first kappa shape index (κ1) is 21.5. The molecular formula is C20H29N5O3. The molecule has 0 aliphatic carbocycles. The summed E-state index contributed by atoms with van der Waals surface area (Å²) in [5.41, 5.74) is 6.76. The van der Waals surface area contributed by atoms with E-state index in [1.54, 1.807) is 19.1 Å². The predicted molar refractivity (Wildman–Crippen MR) is 107 cm³/mol. The molecule has 1 aliphatic rings. The number of hydrogen-bond donors (Lipinski definition) is 2. The minimum atomic E-state index is -0.228. The number of nitrogens with two attached hydrogens (primary N) is 1. The van der Waals surface area contributed by atoms with Gasteiger partial charge in [-0.25, -0.2) is 0 Å². The maximum absolute atomic E-state index is 12.5. The van der Waals surface area contributed by atoms with E-state index in [4.69, 9.17) is 15.2 Å². The SMILES string of the molecule is COc1ccc(CCN/C=C(/C#N)C(=O)N2CCN(CCN)CC2)cc1OC. The van der Waals surface area contributed by atoms with E-state index in [-0.39, 0.29) is 11.5 Å². The second kappa shape index (κ2) is 11.2. The Morgan fingerprint density at radius 2 is 1.96 bits per heavy atom. The molecule has 0 aromatic heterocycles. The van der Waals surface area contributed by atoms with Gasteiger partial charge in [0.1, 0.15) is 11.6 Å². The summed E-state index contributed by atoms with van der Waals surface area (Å²) in [5, 5.41) is 12.4. The lowest BCUT2D eigenvalue weighted by Crippen LogP contribution is -2.50. The molecule has 0 unspecified atom stereocenters. The van der Waals surface area contributed by atoms with Crippen molar-refractivity contribution in [2.24, 2.45) is 5.73 Å². The van der Waals surface area contributed by atoms with Crippen LogP contribution in [0.1, 0.15) is 5.56 Å². The van der Waals surface area contributed by atoms with Crippen molar-refractivity contribution in [2.45, 2.75) is 6.42 Å². The first-order chi connectivity index (χ1) is 13.6. The van der Waals surface area contributed by atoms with E-state index in [2.05, 4.69) is 10.2 Å². The van der Waals surface area contributed by atoms with Crippen LogP contribution in [0.3, 0.4) is 0 Å². The van der Waals surface area contributed by atoms with Crippen LogP contribution in [0.15, 0.2) is 30.0 Å². The second-order valence-corrected chi connectivity index (χ2v) is 6.49. The molecule has 1 aromatic rings. The Hall–Kier alpha value is -2.76. The fraction of sp³-hybridized carbons (Fsp3) is 0.500. The summed E-state index contributed by atoms with van der Waals surface area (Å²) in [6, 6.07) is 7.74. The van der Waals surface area contributed by atoms with Crippen molar-refractivity contribution >= 4 is 5.91 Å². The van der Waals surface area contributed by atoms with E-state index >= 15 is 0 Å². The number of nitrogens with zero attached hydrogens (tertiary/aromatic N) is 3. The lowest BCUT2D eigenvalue weighted by Gasteiger charge is -2.34. The Balaban J connectivity index is 1.85. The van der Waals surface area contributed by atoms with Gasteiger partial charge in [0, 0.05) is 52.0 Å². The average molecular weight is 387 g/mol. The first-order valence-electron chi connectivity index (χ1n) is 9.39. The van der Waals surface area contributed by atoms with Gasteiger partial charge in [-0.2, -0.15) is 5.26 Å². The number of rotatable bonds is 9. The van der Waals surface area contributed by atoms with Gasteiger partial charge in [-0.15, -0.1) is 0 Å². The number of methoxy groups -OCH3 is 2. The zero-order chi connectivity index (χ0) is 20.4. The zero-order valence-electron chi connectivity index (χ0n) is 16.6. The topological polar surface area (TPSA) is 104 Å². The van der Waals surface area contributed by atoms with Crippen LogP contribution in [-0.4, -0.2) is 75.7 Å². The van der Waals surface area contributed by atoms with Crippen molar-refractivity contribution in [2.75, 3.05) is 60.0 Å². The summed E-state index contributed by atoms with van der Waals surface area (Å²) in [5.74, 6) is 1.13. The number of amides is 1. The molecule has 1 amide bonds. The van der Waals surface area contributed by atoms with Crippen molar-refractivity contribution in [1.82, 2.24) is 15.1 Å². The number of benzene rings is 1. The van der Waals surface area contributed by atoms with Gasteiger partial charge in [0.15, 0.2) is 11.5 Å². The van der Waals surface area contributed by atoms with Crippen molar-refractivity contribution in [1.29, 1.82) is 5.26 Å². The maximum Gasteiger partial charge on any atom is 0.266 e. The predicted octanol–water partition coefficient (Wildman–Crippen LogP) is 0.346. The molecule has 0 radical (unpaired) electrons. The second-order valence-electron chi connectivity index (χ2n) is 6.49. The molecule has 3 N–H and O–H groups in total. The van der Waals surface area contributed by atoms with Gasteiger partial charge in [-0.1, -0.05) is 6.07 Å². The molecule has 1 fully saturated rings. The number of carbonyl (C=O) groups is 1. The fourth-order valence-corrected chi connectivity index (χ4v) is 3.10. The molecule has 0 spiro atoms. The van der Waals surface area contributed by atoms with E-state index in [9.17, 15) is 10.1 Å². The van der Waals surface area contributed by atoms with Gasteiger partial charge >= 0.3 is 0 Å². The third kappa shape index (κ3) is 5.87. The summed E-state index contributed by atoms with van der Waals surface area (Å²) in [4.78, 5) is 16.5. The average Bonchev–Trinajstić information content (AvgIpc) is 2.74. The summed E-state index contributed by atoms with van der Waals surface area (Å²) >= 11 is 0. The van der Waals surface area contributed by atoms with Gasteiger partial charge in [-0.3, -0.25) is 9.69 Å². The summed E-state index contributed by atoms with van der Waals surface area (Å²) < 4.78 is 10.5. The van der Waals surface area contributed by atoms with Crippen LogP contribution in [0.2, 0.25) is 0 Å². The molecular weight excluding hydrogens is 358 g/mol. The number of nitriles is 1. The molecule has 1 saturated heterocycles. The molecule has 0 bridgehead atoms. The highest BCUT2D eigenvalue weighted by Crippen LogP contribution is 2.27. The van der Waals surface area contributed by atoms with Crippen LogP contribution in [0, 0.1) is 11.3 Å². The standard InChI is InChI=1S/C20H29N5O3/c1-27-18-4-3-16(13-19(18)28-2)5-7-23-15-17(14-22)20(26)25-11-9-24(8-6-21)10-12-25/h3-4,13,15,23H,5-12,21H2,1-2H3/b17-15-. The lowest BCUT2D eigenvalue weighted by atomic mass is 10.1. The molecule has 8 heteroatoms. The van der Waals surface area contributed by atoms with Crippen LogP contribution in [0.4, 0.5) is 0 Å². The van der Waals surface area contributed by atoms with Gasteiger partial charge in [0.25, 0.3) is 5.91 Å². The molecule has 0 atom stereocenters. The first-order valence-corrected chi connectivity index (χ1v) is 9.39. The Labute approximate surface area is 166 Å². The Morgan fingerprint density at radius 3 is 2.57 bits per heavy atom. The fourth-order valence-electron chi connectivity index (χ4n) is 3.10. The molecule has 2 rings (SSSR count). The van der Waals surface area contributed by atoms with E-state index < -0.39 is 0 Å². The van der Waals surface area contributed by atoms with Crippen molar-refractivity contribution < 1.29 is 14.3 Å². The largest absolute Gasteiger partial charge is 0.493 e. The van der Waals surface area contributed by atoms with Crippen LogP contribution in [-0.2, 0) is 11.2 Å². The lowest BCUT2D eigenvalue weighted by molar-refractivity contribution is -0.128. The van der Waals surface area contributed by atoms with Crippen LogP contribution in [0.5, 0.6) is 11.5 Å². The Bertz CT molecular complexity index is 721. The number of nitrogens with one attached hydrogen (secondary N) is 1.